The number of hydrogen-bond acceptors (Lipinski definition) is 2. The van der Waals surface area contributed by atoms with E-state index in [9.17, 15) is 14.7 Å². The van der Waals surface area contributed by atoms with E-state index in [1.807, 2.05) is 6.92 Å². The van der Waals surface area contributed by atoms with Gasteiger partial charge < -0.3 is 15.3 Å². The Bertz CT molecular complexity index is 419. The van der Waals surface area contributed by atoms with Gasteiger partial charge in [0, 0.05) is 19.1 Å². The summed E-state index contributed by atoms with van der Waals surface area (Å²) in [6.07, 6.45) is 5.25. The zero-order chi connectivity index (χ0) is 14.0. The third-order valence-corrected chi connectivity index (χ3v) is 4.36. The molecule has 0 saturated heterocycles. The van der Waals surface area contributed by atoms with E-state index in [2.05, 4.69) is 11.4 Å². The summed E-state index contributed by atoms with van der Waals surface area (Å²) in [5.41, 5.74) is 0.366. The van der Waals surface area contributed by atoms with E-state index in [1.165, 1.54) is 5.57 Å². The van der Waals surface area contributed by atoms with E-state index in [0.29, 0.717) is 19.5 Å². The largest absolute Gasteiger partial charge is 0.481 e. The van der Waals surface area contributed by atoms with Crippen molar-refractivity contribution in [3.8, 4) is 0 Å². The van der Waals surface area contributed by atoms with Crippen molar-refractivity contribution < 1.29 is 14.7 Å². The topological polar surface area (TPSA) is 69.6 Å². The maximum atomic E-state index is 12.2. The van der Waals surface area contributed by atoms with E-state index >= 15 is 0 Å². The van der Waals surface area contributed by atoms with Gasteiger partial charge in [0.15, 0.2) is 0 Å². The van der Waals surface area contributed by atoms with Gasteiger partial charge >= 0.3 is 12.0 Å². The summed E-state index contributed by atoms with van der Waals surface area (Å²) in [5.74, 6) is -0.815. The van der Waals surface area contributed by atoms with Crippen molar-refractivity contribution in [1.82, 2.24) is 10.2 Å². The van der Waals surface area contributed by atoms with Crippen LogP contribution in [0.3, 0.4) is 0 Å². The highest BCUT2D eigenvalue weighted by Gasteiger charge is 2.46. The lowest BCUT2D eigenvalue weighted by Gasteiger charge is -2.32. The zero-order valence-corrected chi connectivity index (χ0v) is 11.6. The van der Waals surface area contributed by atoms with Crippen LogP contribution in [-0.2, 0) is 4.79 Å². The first-order valence-corrected chi connectivity index (χ1v) is 6.88. The molecular weight excluding hydrogens is 244 g/mol. The zero-order valence-electron chi connectivity index (χ0n) is 11.6. The summed E-state index contributed by atoms with van der Waals surface area (Å²) in [6, 6.07) is -0.393. The number of aliphatic carboxylic acids is 1. The highest BCUT2D eigenvalue weighted by molar-refractivity contribution is 5.79. The van der Waals surface area contributed by atoms with E-state index < -0.39 is 11.4 Å². The molecule has 106 valence electrons. The van der Waals surface area contributed by atoms with Crippen LogP contribution in [-0.4, -0.2) is 41.1 Å². The number of urea groups is 1. The van der Waals surface area contributed by atoms with Crippen LogP contribution in [0.25, 0.3) is 0 Å². The van der Waals surface area contributed by atoms with Crippen molar-refractivity contribution in [2.24, 2.45) is 5.41 Å². The molecule has 19 heavy (non-hydrogen) atoms. The van der Waals surface area contributed by atoms with Crippen LogP contribution in [0, 0.1) is 5.41 Å². The van der Waals surface area contributed by atoms with Gasteiger partial charge in [0.2, 0.25) is 0 Å². The summed E-state index contributed by atoms with van der Waals surface area (Å²) in [7, 11) is 0. The molecule has 2 atom stereocenters. The Morgan fingerprint density at radius 1 is 1.53 bits per heavy atom. The first-order valence-electron chi connectivity index (χ1n) is 6.88. The molecule has 2 amide bonds. The minimum absolute atomic E-state index is 0.133. The molecule has 1 aliphatic carbocycles. The number of nitrogens with zero attached hydrogens (tertiary/aromatic N) is 1. The Morgan fingerprint density at radius 3 is 2.89 bits per heavy atom. The Labute approximate surface area is 113 Å². The van der Waals surface area contributed by atoms with Gasteiger partial charge in [-0.2, -0.15) is 0 Å². The molecule has 0 bridgehead atoms. The quantitative estimate of drug-likeness (QED) is 0.751. The van der Waals surface area contributed by atoms with Gasteiger partial charge in [-0.15, -0.1) is 0 Å². The van der Waals surface area contributed by atoms with Gasteiger partial charge in [0.25, 0.3) is 0 Å². The SMILES string of the molecule is CC1=CCCN(C(=O)NC2CCCC2(C)C(=O)O)C1. The molecule has 0 aromatic heterocycles. The first kappa shape index (κ1) is 13.9. The molecule has 2 unspecified atom stereocenters. The van der Waals surface area contributed by atoms with Crippen molar-refractivity contribution >= 4 is 12.0 Å². The minimum atomic E-state index is -0.823. The van der Waals surface area contributed by atoms with Crippen molar-refractivity contribution in [3.63, 3.8) is 0 Å². The van der Waals surface area contributed by atoms with Gasteiger partial charge in [-0.3, -0.25) is 4.79 Å². The second-order valence-corrected chi connectivity index (χ2v) is 5.88. The average Bonchev–Trinajstić information content (AvgIpc) is 2.72. The molecule has 0 spiro atoms. The van der Waals surface area contributed by atoms with Crippen molar-refractivity contribution in [2.75, 3.05) is 13.1 Å². The Morgan fingerprint density at radius 2 is 2.26 bits per heavy atom. The summed E-state index contributed by atoms with van der Waals surface area (Å²) in [5, 5.41) is 12.3. The molecular formula is C14H22N2O3. The maximum Gasteiger partial charge on any atom is 0.317 e. The van der Waals surface area contributed by atoms with Gasteiger partial charge in [-0.25, -0.2) is 4.79 Å². The molecule has 1 aliphatic heterocycles. The summed E-state index contributed by atoms with van der Waals surface area (Å²) in [4.78, 5) is 25.3. The van der Waals surface area contributed by atoms with Gasteiger partial charge in [0.1, 0.15) is 0 Å². The minimum Gasteiger partial charge on any atom is -0.481 e. The molecule has 0 aromatic carbocycles. The maximum absolute atomic E-state index is 12.2. The molecule has 5 heteroatoms. The number of amides is 2. The Balaban J connectivity index is 1.99. The Kier molecular flexibility index (Phi) is 3.83. The molecule has 2 rings (SSSR count). The smallest absolute Gasteiger partial charge is 0.317 e. The number of hydrogen-bond donors (Lipinski definition) is 2. The van der Waals surface area contributed by atoms with E-state index in [4.69, 9.17) is 0 Å². The van der Waals surface area contributed by atoms with Crippen LogP contribution >= 0.6 is 0 Å². The average molecular weight is 266 g/mol. The predicted molar refractivity (Wildman–Crippen MR) is 71.9 cm³/mol. The van der Waals surface area contributed by atoms with Crippen LogP contribution in [0.15, 0.2) is 11.6 Å². The first-order chi connectivity index (χ1) is 8.93. The Hall–Kier alpha value is -1.52. The fraction of sp³-hybridized carbons (Fsp3) is 0.714. The van der Waals surface area contributed by atoms with Crippen molar-refractivity contribution in [1.29, 1.82) is 0 Å². The van der Waals surface area contributed by atoms with Crippen LogP contribution in [0.4, 0.5) is 4.79 Å². The molecule has 2 aliphatic rings. The molecule has 1 heterocycles. The van der Waals surface area contributed by atoms with Crippen molar-refractivity contribution in [3.05, 3.63) is 11.6 Å². The second-order valence-electron chi connectivity index (χ2n) is 5.88. The summed E-state index contributed by atoms with van der Waals surface area (Å²) >= 11 is 0. The third kappa shape index (κ3) is 2.74. The third-order valence-electron chi connectivity index (χ3n) is 4.36. The van der Waals surface area contributed by atoms with Crippen LogP contribution in [0.5, 0.6) is 0 Å². The fourth-order valence-corrected chi connectivity index (χ4v) is 2.98. The number of carbonyl (C=O) groups is 2. The van der Waals surface area contributed by atoms with Gasteiger partial charge in [-0.05, 0) is 33.1 Å². The number of nitrogens with one attached hydrogen (secondary N) is 1. The number of carboxylic acid groups (broad SMARTS) is 1. The van der Waals surface area contributed by atoms with E-state index in [-0.39, 0.29) is 12.1 Å². The lowest BCUT2D eigenvalue weighted by Crippen LogP contribution is -2.52. The van der Waals surface area contributed by atoms with E-state index in [0.717, 1.165) is 19.3 Å². The standard InChI is InChI=1S/C14H22N2O3/c1-10-5-4-8-16(9-10)13(19)15-11-6-3-7-14(11,2)12(17)18/h5,11H,3-4,6-9H2,1-2H3,(H,15,19)(H,17,18). The fourth-order valence-electron chi connectivity index (χ4n) is 2.98. The number of rotatable bonds is 2. The van der Waals surface area contributed by atoms with E-state index in [1.54, 1.807) is 11.8 Å². The number of carbonyl (C=O) groups excluding carboxylic acids is 1. The molecule has 0 aromatic rings. The van der Waals surface area contributed by atoms with Crippen LogP contribution < -0.4 is 5.32 Å². The second kappa shape index (κ2) is 5.23. The highest BCUT2D eigenvalue weighted by Crippen LogP contribution is 2.38. The molecule has 5 nitrogen and oxygen atoms in total. The van der Waals surface area contributed by atoms with Gasteiger partial charge in [-0.1, -0.05) is 18.1 Å². The molecule has 0 radical (unpaired) electrons. The van der Waals surface area contributed by atoms with Crippen LogP contribution in [0.1, 0.15) is 39.5 Å². The summed E-state index contributed by atoms with van der Waals surface area (Å²) in [6.45, 7) is 5.09. The number of carboxylic acids is 1. The molecule has 2 N–H and O–H groups in total. The molecule has 1 fully saturated rings. The van der Waals surface area contributed by atoms with Gasteiger partial charge in [0.05, 0.1) is 5.41 Å². The normalized spacial score (nSPS) is 30.9. The van der Waals surface area contributed by atoms with Crippen LogP contribution in [0.2, 0.25) is 0 Å². The predicted octanol–water partition coefficient (Wildman–Crippen LogP) is 1.99. The lowest BCUT2D eigenvalue weighted by molar-refractivity contribution is -0.148. The summed E-state index contributed by atoms with van der Waals surface area (Å²) < 4.78 is 0. The van der Waals surface area contributed by atoms with Crippen molar-refractivity contribution in [2.45, 2.75) is 45.6 Å². The lowest BCUT2D eigenvalue weighted by atomic mass is 9.85. The monoisotopic (exact) mass is 266 g/mol. The highest BCUT2D eigenvalue weighted by atomic mass is 16.4. The molecule has 1 saturated carbocycles.